The van der Waals surface area contributed by atoms with Gasteiger partial charge in [0.05, 0.1) is 5.75 Å². The lowest BCUT2D eigenvalue weighted by Gasteiger charge is -2.46. The van der Waals surface area contributed by atoms with Crippen molar-refractivity contribution in [2.24, 2.45) is 10.7 Å². The molecule has 1 atom stereocenters. The van der Waals surface area contributed by atoms with Crippen LogP contribution in [0.1, 0.15) is 31.7 Å². The van der Waals surface area contributed by atoms with Crippen molar-refractivity contribution in [1.82, 2.24) is 0 Å². The first kappa shape index (κ1) is 13.5. The summed E-state index contributed by atoms with van der Waals surface area (Å²) in [5.41, 5.74) is 5.10. The van der Waals surface area contributed by atoms with Crippen molar-refractivity contribution in [1.29, 1.82) is 0 Å². The lowest BCUT2D eigenvalue weighted by molar-refractivity contribution is 0.388. The van der Waals surface area contributed by atoms with Crippen LogP contribution >= 0.6 is 0 Å². The summed E-state index contributed by atoms with van der Waals surface area (Å²) in [7, 11) is -3.43. The van der Waals surface area contributed by atoms with Gasteiger partial charge < -0.3 is 5.73 Å². The van der Waals surface area contributed by atoms with E-state index in [2.05, 4.69) is 4.99 Å². The van der Waals surface area contributed by atoms with Crippen LogP contribution in [0.5, 0.6) is 0 Å². The van der Waals surface area contributed by atoms with Crippen molar-refractivity contribution >= 4 is 15.7 Å². The smallest absolute Gasteiger partial charge is 0.165 e. The fourth-order valence-corrected chi connectivity index (χ4v) is 5.68. The summed E-state index contributed by atoms with van der Waals surface area (Å²) in [5, 5.41) is 0. The first-order valence-electron chi connectivity index (χ1n) is 6.64. The van der Waals surface area contributed by atoms with Gasteiger partial charge in [-0.15, -0.1) is 0 Å². The number of nitrogens with zero attached hydrogens (tertiary/aromatic N) is 1. The number of halogens is 1. The molecule has 2 aliphatic rings. The molecule has 1 saturated carbocycles. The molecule has 1 aliphatic heterocycles. The Kier molecular flexibility index (Phi) is 2.73. The molecule has 108 valence electrons. The molecule has 0 radical (unpaired) electrons. The molecule has 3 rings (SSSR count). The maximum atomic E-state index is 14.0. The van der Waals surface area contributed by atoms with E-state index in [-0.39, 0.29) is 17.2 Å². The Hall–Kier alpha value is -1.43. The van der Waals surface area contributed by atoms with Crippen molar-refractivity contribution in [3.63, 3.8) is 0 Å². The Bertz CT molecular complexity index is 695. The molecule has 1 unspecified atom stereocenters. The number of benzene rings is 1. The Labute approximate surface area is 117 Å². The van der Waals surface area contributed by atoms with Gasteiger partial charge in [0.15, 0.2) is 9.84 Å². The lowest BCUT2D eigenvalue weighted by atomic mass is 9.82. The zero-order valence-corrected chi connectivity index (χ0v) is 12.1. The molecule has 1 aromatic carbocycles. The molecule has 20 heavy (non-hydrogen) atoms. The molecule has 2 N–H and O–H groups in total. The summed E-state index contributed by atoms with van der Waals surface area (Å²) in [6.45, 7) is 1.63. The molecule has 1 fully saturated rings. The molecule has 0 saturated heterocycles. The van der Waals surface area contributed by atoms with E-state index in [0.29, 0.717) is 12.8 Å². The second-order valence-electron chi connectivity index (χ2n) is 5.86. The van der Waals surface area contributed by atoms with E-state index in [9.17, 15) is 12.8 Å². The molecular weight excluding hydrogens is 279 g/mol. The third-order valence-corrected chi connectivity index (χ3v) is 7.27. The van der Waals surface area contributed by atoms with Crippen LogP contribution in [-0.4, -0.2) is 24.8 Å². The molecule has 4 nitrogen and oxygen atoms in total. The summed E-state index contributed by atoms with van der Waals surface area (Å²) in [5.74, 6) is -0.506. The highest BCUT2D eigenvalue weighted by atomic mass is 32.2. The van der Waals surface area contributed by atoms with Gasteiger partial charge >= 0.3 is 0 Å². The minimum atomic E-state index is -3.43. The zero-order valence-electron chi connectivity index (χ0n) is 11.3. The average molecular weight is 296 g/mol. The van der Waals surface area contributed by atoms with Crippen molar-refractivity contribution in [3.8, 4) is 0 Å². The Morgan fingerprint density at radius 2 is 1.95 bits per heavy atom. The van der Waals surface area contributed by atoms with Crippen LogP contribution < -0.4 is 5.73 Å². The second kappa shape index (κ2) is 4.04. The molecule has 1 spiro atoms. The van der Waals surface area contributed by atoms with E-state index < -0.39 is 25.9 Å². The number of amidine groups is 1. The van der Waals surface area contributed by atoms with Crippen LogP contribution in [0.3, 0.4) is 0 Å². The molecule has 0 aromatic heterocycles. The van der Waals surface area contributed by atoms with Crippen LogP contribution in [0, 0.1) is 5.82 Å². The molecule has 1 aliphatic carbocycles. The number of hydrogen-bond acceptors (Lipinski definition) is 4. The fraction of sp³-hybridized carbons (Fsp3) is 0.500. The highest BCUT2D eigenvalue weighted by Gasteiger charge is 2.57. The lowest BCUT2D eigenvalue weighted by Crippen LogP contribution is -2.61. The first-order valence-corrected chi connectivity index (χ1v) is 8.29. The van der Waals surface area contributed by atoms with Crippen molar-refractivity contribution in [2.75, 3.05) is 5.75 Å². The summed E-state index contributed by atoms with van der Waals surface area (Å²) >= 11 is 0. The Morgan fingerprint density at radius 1 is 1.30 bits per heavy atom. The van der Waals surface area contributed by atoms with Crippen LogP contribution in [0.15, 0.2) is 29.3 Å². The van der Waals surface area contributed by atoms with Gasteiger partial charge in [0.2, 0.25) is 0 Å². The van der Waals surface area contributed by atoms with E-state index in [1.54, 1.807) is 25.1 Å². The molecule has 1 heterocycles. The van der Waals surface area contributed by atoms with Gasteiger partial charge in [-0.1, -0.05) is 18.2 Å². The number of aliphatic imine (C=N–C) groups is 1. The normalized spacial score (nSPS) is 30.6. The van der Waals surface area contributed by atoms with Gasteiger partial charge in [-0.3, -0.25) is 4.99 Å². The van der Waals surface area contributed by atoms with Crippen LogP contribution in [0.25, 0.3) is 0 Å². The van der Waals surface area contributed by atoms with Gasteiger partial charge in [-0.05, 0) is 32.3 Å². The van der Waals surface area contributed by atoms with Crippen LogP contribution in [0.4, 0.5) is 4.39 Å². The SMILES string of the molecule is CC1(c2ccccc2F)CS(=O)(=O)C2(CCC2)C(N)=N1. The van der Waals surface area contributed by atoms with E-state index in [1.807, 2.05) is 0 Å². The summed E-state index contributed by atoms with van der Waals surface area (Å²) in [6.07, 6.45) is 1.89. The zero-order chi connectivity index (χ0) is 14.6. The summed E-state index contributed by atoms with van der Waals surface area (Å²) in [4.78, 5) is 4.39. The van der Waals surface area contributed by atoms with Crippen molar-refractivity contribution < 1.29 is 12.8 Å². The quantitative estimate of drug-likeness (QED) is 0.858. The van der Waals surface area contributed by atoms with Crippen molar-refractivity contribution in [2.45, 2.75) is 36.5 Å². The largest absolute Gasteiger partial charge is 0.386 e. The molecule has 6 heteroatoms. The Balaban J connectivity index is 2.16. The summed E-state index contributed by atoms with van der Waals surface area (Å²) < 4.78 is 38.2. The van der Waals surface area contributed by atoms with E-state index in [0.717, 1.165) is 6.42 Å². The van der Waals surface area contributed by atoms with Crippen molar-refractivity contribution in [3.05, 3.63) is 35.6 Å². The standard InChI is InChI=1S/C14H17FN2O2S/c1-13(10-5-2-3-6-11(10)15)9-20(18,19)14(7-4-8-14)12(16)17-13/h2-3,5-6H,4,7-9H2,1H3,(H2,16,17). The highest BCUT2D eigenvalue weighted by molar-refractivity contribution is 7.93. The van der Waals surface area contributed by atoms with Gasteiger partial charge in [-0.25, -0.2) is 12.8 Å². The van der Waals surface area contributed by atoms with E-state index in [1.165, 1.54) is 6.07 Å². The van der Waals surface area contributed by atoms with Gasteiger partial charge in [-0.2, -0.15) is 0 Å². The monoisotopic (exact) mass is 296 g/mol. The molecule has 0 amide bonds. The maximum Gasteiger partial charge on any atom is 0.165 e. The fourth-order valence-electron chi connectivity index (χ4n) is 3.17. The topological polar surface area (TPSA) is 72.5 Å². The predicted molar refractivity (Wildman–Crippen MR) is 75.7 cm³/mol. The second-order valence-corrected chi connectivity index (χ2v) is 8.16. The summed E-state index contributed by atoms with van der Waals surface area (Å²) in [6, 6.07) is 6.13. The minimum absolute atomic E-state index is 0.140. The van der Waals surface area contributed by atoms with Gasteiger partial charge in [0.1, 0.15) is 21.9 Å². The predicted octanol–water partition coefficient (Wildman–Crippen LogP) is 1.75. The third-order valence-electron chi connectivity index (χ3n) is 4.52. The minimum Gasteiger partial charge on any atom is -0.386 e. The van der Waals surface area contributed by atoms with E-state index >= 15 is 0 Å². The molecule has 1 aromatic rings. The van der Waals surface area contributed by atoms with Gasteiger partial charge in [0, 0.05) is 5.56 Å². The maximum absolute atomic E-state index is 14.0. The van der Waals surface area contributed by atoms with Crippen LogP contribution in [0.2, 0.25) is 0 Å². The number of hydrogen-bond donors (Lipinski definition) is 1. The highest BCUT2D eigenvalue weighted by Crippen LogP contribution is 2.46. The van der Waals surface area contributed by atoms with Crippen LogP contribution in [-0.2, 0) is 15.4 Å². The Morgan fingerprint density at radius 3 is 2.45 bits per heavy atom. The molecule has 0 bridgehead atoms. The number of nitrogens with two attached hydrogens (primary N) is 1. The van der Waals surface area contributed by atoms with E-state index in [4.69, 9.17) is 5.73 Å². The van der Waals surface area contributed by atoms with Gasteiger partial charge in [0.25, 0.3) is 0 Å². The first-order chi connectivity index (χ1) is 9.31. The third kappa shape index (κ3) is 1.63. The number of rotatable bonds is 1. The average Bonchev–Trinajstić information content (AvgIpc) is 2.24. The number of sulfone groups is 1. The molecular formula is C14H17FN2O2S.